The first kappa shape index (κ1) is 13.8. The van der Waals surface area contributed by atoms with Gasteiger partial charge in [0.05, 0.1) is 24.0 Å². The first-order chi connectivity index (χ1) is 11.4. The van der Waals surface area contributed by atoms with Crippen LogP contribution in [0.3, 0.4) is 0 Å². The van der Waals surface area contributed by atoms with Crippen LogP contribution in [0.5, 0.6) is 0 Å². The molecule has 3 aromatic rings. The molecule has 1 aliphatic rings. The molecule has 2 heterocycles. The number of hydrogen-bond acceptors (Lipinski definition) is 2. The van der Waals surface area contributed by atoms with Crippen molar-refractivity contribution < 1.29 is 0 Å². The van der Waals surface area contributed by atoms with Crippen molar-refractivity contribution >= 4 is 0 Å². The lowest BCUT2D eigenvalue weighted by Gasteiger charge is -2.28. The van der Waals surface area contributed by atoms with Gasteiger partial charge >= 0.3 is 0 Å². The number of nitriles is 1. The van der Waals surface area contributed by atoms with Gasteiger partial charge in [-0.15, -0.1) is 0 Å². The van der Waals surface area contributed by atoms with Gasteiger partial charge in [0.15, 0.2) is 0 Å². The molecule has 1 aromatic heterocycles. The molecule has 1 unspecified atom stereocenters. The zero-order valence-corrected chi connectivity index (χ0v) is 12.8. The summed E-state index contributed by atoms with van der Waals surface area (Å²) in [6.45, 7) is 0. The minimum Gasteiger partial charge on any atom is -0.327 e. The summed E-state index contributed by atoms with van der Waals surface area (Å²) in [6, 6.07) is 18.9. The first-order valence-electron chi connectivity index (χ1n) is 7.97. The summed E-state index contributed by atoms with van der Waals surface area (Å²) in [5, 5.41) is 9.27. The van der Waals surface area contributed by atoms with Gasteiger partial charge in [-0.25, -0.2) is 4.98 Å². The Bertz CT molecular complexity index is 871. The van der Waals surface area contributed by atoms with E-state index >= 15 is 0 Å². The molecule has 0 spiro atoms. The SMILES string of the molecule is N#Cc1ccc(C2CCCc3cncn32)c(-c2ccccc2)c1. The highest BCUT2D eigenvalue weighted by Gasteiger charge is 2.23. The van der Waals surface area contributed by atoms with Gasteiger partial charge < -0.3 is 4.57 Å². The lowest BCUT2D eigenvalue weighted by molar-refractivity contribution is 0.458. The summed E-state index contributed by atoms with van der Waals surface area (Å²) in [5.74, 6) is 0. The molecule has 0 radical (unpaired) electrons. The van der Waals surface area contributed by atoms with Gasteiger partial charge in [0.25, 0.3) is 0 Å². The number of rotatable bonds is 2. The average molecular weight is 299 g/mol. The summed E-state index contributed by atoms with van der Waals surface area (Å²) in [5.41, 5.74) is 5.58. The predicted molar refractivity (Wildman–Crippen MR) is 89.9 cm³/mol. The van der Waals surface area contributed by atoms with Crippen LogP contribution in [-0.4, -0.2) is 9.55 Å². The van der Waals surface area contributed by atoms with Crippen LogP contribution in [0.1, 0.15) is 35.7 Å². The topological polar surface area (TPSA) is 41.6 Å². The second-order valence-corrected chi connectivity index (χ2v) is 5.98. The van der Waals surface area contributed by atoms with Crippen molar-refractivity contribution in [2.45, 2.75) is 25.3 Å². The van der Waals surface area contributed by atoms with Gasteiger partial charge in [-0.3, -0.25) is 0 Å². The summed E-state index contributed by atoms with van der Waals surface area (Å²) in [4.78, 5) is 4.33. The maximum Gasteiger partial charge on any atom is 0.0991 e. The molecule has 0 fully saturated rings. The largest absolute Gasteiger partial charge is 0.327 e. The molecule has 0 N–H and O–H groups in total. The molecule has 1 aliphatic heterocycles. The number of imidazole rings is 1. The Morgan fingerprint density at radius 1 is 1.13 bits per heavy atom. The van der Waals surface area contributed by atoms with Crippen LogP contribution in [0.4, 0.5) is 0 Å². The molecular weight excluding hydrogens is 282 g/mol. The van der Waals surface area contributed by atoms with E-state index in [0.717, 1.165) is 24.0 Å². The third-order valence-electron chi connectivity index (χ3n) is 4.62. The third kappa shape index (κ3) is 2.43. The monoisotopic (exact) mass is 299 g/mol. The molecule has 4 rings (SSSR count). The minimum absolute atomic E-state index is 0.296. The van der Waals surface area contributed by atoms with Crippen LogP contribution < -0.4 is 0 Å². The molecule has 3 nitrogen and oxygen atoms in total. The maximum atomic E-state index is 9.27. The second-order valence-electron chi connectivity index (χ2n) is 5.98. The highest BCUT2D eigenvalue weighted by atomic mass is 15.1. The number of nitrogens with zero attached hydrogens (tertiary/aromatic N) is 3. The Morgan fingerprint density at radius 2 is 2.00 bits per heavy atom. The van der Waals surface area contributed by atoms with E-state index in [0.29, 0.717) is 11.6 Å². The molecule has 23 heavy (non-hydrogen) atoms. The van der Waals surface area contributed by atoms with E-state index in [-0.39, 0.29) is 0 Å². The van der Waals surface area contributed by atoms with Crippen LogP contribution in [0.25, 0.3) is 11.1 Å². The van der Waals surface area contributed by atoms with Crippen LogP contribution >= 0.6 is 0 Å². The second kappa shape index (κ2) is 5.73. The summed E-state index contributed by atoms with van der Waals surface area (Å²) >= 11 is 0. The Morgan fingerprint density at radius 3 is 2.83 bits per heavy atom. The smallest absolute Gasteiger partial charge is 0.0991 e. The fourth-order valence-electron chi connectivity index (χ4n) is 3.51. The van der Waals surface area contributed by atoms with Crippen molar-refractivity contribution in [1.29, 1.82) is 5.26 Å². The molecule has 0 saturated heterocycles. The normalized spacial score (nSPS) is 16.6. The lowest BCUT2D eigenvalue weighted by Crippen LogP contribution is -2.18. The molecule has 3 heteroatoms. The van der Waals surface area contributed by atoms with E-state index in [1.165, 1.54) is 17.7 Å². The zero-order chi connectivity index (χ0) is 15.6. The van der Waals surface area contributed by atoms with Crippen molar-refractivity contribution in [3.05, 3.63) is 77.9 Å². The fourth-order valence-corrected chi connectivity index (χ4v) is 3.51. The zero-order valence-electron chi connectivity index (χ0n) is 12.8. The van der Waals surface area contributed by atoms with Gasteiger partial charge in [0.2, 0.25) is 0 Å². The highest BCUT2D eigenvalue weighted by Crippen LogP contribution is 2.36. The van der Waals surface area contributed by atoms with E-state index in [9.17, 15) is 5.26 Å². The number of benzene rings is 2. The van der Waals surface area contributed by atoms with Crippen LogP contribution in [0, 0.1) is 11.3 Å². The number of hydrogen-bond donors (Lipinski definition) is 0. The highest BCUT2D eigenvalue weighted by molar-refractivity contribution is 5.70. The van der Waals surface area contributed by atoms with Crippen LogP contribution in [0.2, 0.25) is 0 Å². The molecule has 112 valence electrons. The Kier molecular flexibility index (Phi) is 3.44. The van der Waals surface area contributed by atoms with Gasteiger partial charge in [-0.1, -0.05) is 36.4 Å². The molecule has 1 atom stereocenters. The van der Waals surface area contributed by atoms with Crippen molar-refractivity contribution in [1.82, 2.24) is 9.55 Å². The number of aryl methyl sites for hydroxylation is 1. The quantitative estimate of drug-likeness (QED) is 0.706. The minimum atomic E-state index is 0.296. The van der Waals surface area contributed by atoms with E-state index in [2.05, 4.69) is 33.8 Å². The van der Waals surface area contributed by atoms with E-state index in [4.69, 9.17) is 0 Å². The molecule has 0 amide bonds. The summed E-state index contributed by atoms with van der Waals surface area (Å²) in [7, 11) is 0. The molecule has 0 aliphatic carbocycles. The van der Waals surface area contributed by atoms with Crippen molar-refractivity contribution in [2.75, 3.05) is 0 Å². The molecule has 0 bridgehead atoms. The average Bonchev–Trinajstić information content (AvgIpc) is 3.11. The number of aromatic nitrogens is 2. The van der Waals surface area contributed by atoms with E-state index in [1.807, 2.05) is 42.9 Å². The Hall–Kier alpha value is -2.86. The number of fused-ring (bicyclic) bond motifs is 1. The van der Waals surface area contributed by atoms with Gasteiger partial charge in [0.1, 0.15) is 0 Å². The fraction of sp³-hybridized carbons (Fsp3) is 0.200. The van der Waals surface area contributed by atoms with E-state index in [1.54, 1.807) is 0 Å². The van der Waals surface area contributed by atoms with E-state index < -0.39 is 0 Å². The van der Waals surface area contributed by atoms with Crippen molar-refractivity contribution in [3.63, 3.8) is 0 Å². The third-order valence-corrected chi connectivity index (χ3v) is 4.62. The standard InChI is InChI=1S/C20H17N3/c21-12-15-9-10-18(19(11-15)16-5-2-1-3-6-16)20-8-4-7-17-13-22-14-23(17)20/h1-3,5-6,9-11,13-14,20H,4,7-8H2. The lowest BCUT2D eigenvalue weighted by atomic mass is 9.89. The molecule has 2 aromatic carbocycles. The molecular formula is C20H17N3. The van der Waals surface area contributed by atoms with Gasteiger partial charge in [0, 0.05) is 11.9 Å². The Balaban J connectivity index is 1.89. The van der Waals surface area contributed by atoms with Crippen molar-refractivity contribution in [2.24, 2.45) is 0 Å². The maximum absolute atomic E-state index is 9.27. The van der Waals surface area contributed by atoms with Gasteiger partial charge in [-0.2, -0.15) is 5.26 Å². The van der Waals surface area contributed by atoms with Crippen LogP contribution in [0.15, 0.2) is 61.1 Å². The van der Waals surface area contributed by atoms with Gasteiger partial charge in [-0.05, 0) is 48.1 Å². The summed E-state index contributed by atoms with van der Waals surface area (Å²) in [6.07, 6.45) is 7.28. The summed E-state index contributed by atoms with van der Waals surface area (Å²) < 4.78 is 2.29. The van der Waals surface area contributed by atoms with Crippen molar-refractivity contribution in [3.8, 4) is 17.2 Å². The molecule has 0 saturated carbocycles. The van der Waals surface area contributed by atoms with Crippen LogP contribution in [-0.2, 0) is 6.42 Å². The predicted octanol–water partition coefficient (Wildman–Crippen LogP) is 4.35. The Labute approximate surface area is 135 Å². The first-order valence-corrected chi connectivity index (χ1v) is 7.97.